The maximum absolute atomic E-state index is 13.1. The smallest absolute Gasteiger partial charge is 0.226 e. The molecule has 1 aromatic carbocycles. The lowest BCUT2D eigenvalue weighted by molar-refractivity contribution is -0.661. The minimum absolute atomic E-state index is 0.188. The highest BCUT2D eigenvalue weighted by molar-refractivity contribution is 5.31. The largest absolute Gasteiger partial charge is 0.286 e. The summed E-state index contributed by atoms with van der Waals surface area (Å²) in [4.78, 5) is 0. The van der Waals surface area contributed by atoms with E-state index in [0.29, 0.717) is 6.54 Å². The average Bonchev–Trinajstić information content (AvgIpc) is 2.73. The van der Waals surface area contributed by atoms with Gasteiger partial charge in [-0.1, -0.05) is 18.2 Å². The lowest BCUT2D eigenvalue weighted by Gasteiger charge is -1.99. The molecule has 0 aliphatic carbocycles. The predicted octanol–water partition coefficient (Wildman–Crippen LogP) is 2.41. The highest BCUT2D eigenvalue weighted by atomic mass is 19.1. The number of benzene rings is 1. The third-order valence-corrected chi connectivity index (χ3v) is 2.81. The number of nitrogens with zero attached hydrogens (tertiary/aromatic N) is 2. The van der Waals surface area contributed by atoms with Gasteiger partial charge in [0.05, 0.1) is 6.20 Å². The van der Waals surface area contributed by atoms with Gasteiger partial charge in [-0.25, -0.2) is 13.4 Å². The number of aromatic nitrogens is 2. The first-order valence-corrected chi connectivity index (χ1v) is 5.52. The number of fused-ring (bicyclic) bond motifs is 1. The first-order chi connectivity index (χ1) is 8.33. The second-order valence-electron chi connectivity index (χ2n) is 4.02. The summed E-state index contributed by atoms with van der Waals surface area (Å²) in [5.41, 5.74) is 2.06. The van der Waals surface area contributed by atoms with E-state index in [0.717, 1.165) is 11.2 Å². The van der Waals surface area contributed by atoms with Crippen LogP contribution in [0.2, 0.25) is 0 Å². The van der Waals surface area contributed by atoms with Crippen LogP contribution in [0.15, 0.2) is 61.1 Å². The van der Waals surface area contributed by atoms with Gasteiger partial charge in [-0.15, -0.1) is 0 Å². The molecular weight excluding hydrogens is 215 g/mol. The van der Waals surface area contributed by atoms with Crippen LogP contribution in [0.5, 0.6) is 0 Å². The number of hydrogen-bond acceptors (Lipinski definition) is 0. The summed E-state index contributed by atoms with van der Waals surface area (Å²) >= 11 is 0. The number of imidazole rings is 1. The Kier molecular flexibility index (Phi) is 2.37. The van der Waals surface area contributed by atoms with Crippen LogP contribution in [0.3, 0.4) is 0 Å². The molecule has 0 fully saturated rings. The Bertz CT molecular complexity index is 658. The first kappa shape index (κ1) is 10.0. The van der Waals surface area contributed by atoms with Gasteiger partial charge in [0.1, 0.15) is 24.8 Å². The van der Waals surface area contributed by atoms with E-state index in [1.54, 1.807) is 12.1 Å². The Morgan fingerprint density at radius 3 is 2.88 bits per heavy atom. The predicted molar refractivity (Wildman–Crippen MR) is 63.1 cm³/mol. The van der Waals surface area contributed by atoms with Crippen LogP contribution in [-0.2, 0) is 6.54 Å². The van der Waals surface area contributed by atoms with Crippen molar-refractivity contribution in [2.24, 2.45) is 0 Å². The molecule has 17 heavy (non-hydrogen) atoms. The van der Waals surface area contributed by atoms with Crippen molar-refractivity contribution in [3.8, 4) is 0 Å². The van der Waals surface area contributed by atoms with Gasteiger partial charge >= 0.3 is 0 Å². The van der Waals surface area contributed by atoms with E-state index in [1.807, 2.05) is 47.3 Å². The molecule has 0 bridgehead atoms. The molecule has 0 radical (unpaired) electrons. The summed E-state index contributed by atoms with van der Waals surface area (Å²) in [7, 11) is 0. The van der Waals surface area contributed by atoms with Gasteiger partial charge in [-0.3, -0.25) is 0 Å². The van der Waals surface area contributed by atoms with Gasteiger partial charge < -0.3 is 0 Å². The molecule has 0 amide bonds. The van der Waals surface area contributed by atoms with Crippen LogP contribution < -0.4 is 4.57 Å². The van der Waals surface area contributed by atoms with Crippen molar-refractivity contribution < 1.29 is 8.96 Å². The summed E-state index contributed by atoms with van der Waals surface area (Å²) in [6, 6.07) is 12.7. The van der Waals surface area contributed by atoms with Crippen LogP contribution >= 0.6 is 0 Å². The Morgan fingerprint density at radius 1 is 1.06 bits per heavy atom. The van der Waals surface area contributed by atoms with Crippen LogP contribution in [0.1, 0.15) is 5.56 Å². The molecule has 3 aromatic rings. The molecule has 0 unspecified atom stereocenters. The van der Waals surface area contributed by atoms with Gasteiger partial charge in [0.25, 0.3) is 5.65 Å². The van der Waals surface area contributed by atoms with Crippen molar-refractivity contribution in [3.63, 3.8) is 0 Å². The molecule has 0 N–H and O–H groups in total. The maximum atomic E-state index is 13.1. The zero-order valence-electron chi connectivity index (χ0n) is 9.25. The second kappa shape index (κ2) is 4.01. The molecule has 2 nitrogen and oxygen atoms in total. The number of halogens is 1. The van der Waals surface area contributed by atoms with Crippen molar-refractivity contribution in [1.29, 1.82) is 0 Å². The highest BCUT2D eigenvalue weighted by Gasteiger charge is 2.08. The van der Waals surface area contributed by atoms with E-state index in [4.69, 9.17) is 0 Å². The SMILES string of the molecule is Fc1cccc(C[n+]2ccn3ccccc32)c1. The molecule has 0 saturated heterocycles. The molecule has 84 valence electrons. The summed E-state index contributed by atoms with van der Waals surface area (Å²) < 4.78 is 17.2. The lowest BCUT2D eigenvalue weighted by atomic mass is 10.2. The molecule has 0 saturated carbocycles. The summed E-state index contributed by atoms with van der Waals surface area (Å²) in [6.45, 7) is 0.679. The first-order valence-electron chi connectivity index (χ1n) is 5.52. The lowest BCUT2D eigenvalue weighted by Crippen LogP contribution is -2.32. The van der Waals surface area contributed by atoms with Gasteiger partial charge in [-0.05, 0) is 23.8 Å². The zero-order valence-corrected chi connectivity index (χ0v) is 9.25. The Labute approximate surface area is 98.6 Å². The molecule has 2 heterocycles. The fraction of sp³-hybridized carbons (Fsp3) is 0.0714. The number of rotatable bonds is 2. The van der Waals surface area contributed by atoms with Crippen molar-refractivity contribution >= 4 is 5.65 Å². The zero-order chi connectivity index (χ0) is 11.7. The molecular formula is C14H12FN2+. The van der Waals surface area contributed by atoms with E-state index in [1.165, 1.54) is 6.07 Å². The molecule has 0 atom stereocenters. The molecule has 0 spiro atoms. The number of hydrogen-bond donors (Lipinski definition) is 0. The fourth-order valence-electron chi connectivity index (χ4n) is 2.01. The third kappa shape index (κ3) is 1.91. The van der Waals surface area contributed by atoms with Crippen LogP contribution in [0, 0.1) is 5.82 Å². The molecule has 0 aliphatic heterocycles. The van der Waals surface area contributed by atoms with Crippen molar-refractivity contribution in [2.45, 2.75) is 6.54 Å². The second-order valence-corrected chi connectivity index (χ2v) is 4.02. The van der Waals surface area contributed by atoms with Gasteiger partial charge in [0.15, 0.2) is 0 Å². The topological polar surface area (TPSA) is 8.29 Å². The van der Waals surface area contributed by atoms with E-state index >= 15 is 0 Å². The monoisotopic (exact) mass is 227 g/mol. The molecule has 2 aromatic heterocycles. The standard InChI is InChI=1S/C14H12FN2/c15-13-5-3-4-12(10-13)11-17-9-8-16-7-2-1-6-14(16)17/h1-10H,11H2/q+1. The Hall–Kier alpha value is -2.16. The van der Waals surface area contributed by atoms with Crippen molar-refractivity contribution in [3.05, 3.63) is 72.4 Å². The summed E-state index contributed by atoms with van der Waals surface area (Å²) in [5, 5.41) is 0. The van der Waals surface area contributed by atoms with Crippen LogP contribution in [-0.4, -0.2) is 4.40 Å². The average molecular weight is 227 g/mol. The van der Waals surface area contributed by atoms with E-state index in [-0.39, 0.29) is 5.82 Å². The minimum Gasteiger partial charge on any atom is -0.226 e. The minimum atomic E-state index is -0.188. The third-order valence-electron chi connectivity index (χ3n) is 2.81. The van der Waals surface area contributed by atoms with E-state index in [2.05, 4.69) is 4.57 Å². The maximum Gasteiger partial charge on any atom is 0.286 e. The van der Waals surface area contributed by atoms with Gasteiger partial charge in [0.2, 0.25) is 0 Å². The van der Waals surface area contributed by atoms with Crippen molar-refractivity contribution in [1.82, 2.24) is 4.40 Å². The van der Waals surface area contributed by atoms with E-state index in [9.17, 15) is 4.39 Å². The normalized spacial score (nSPS) is 10.9. The Balaban J connectivity index is 2.00. The van der Waals surface area contributed by atoms with Crippen molar-refractivity contribution in [2.75, 3.05) is 0 Å². The Morgan fingerprint density at radius 2 is 2.00 bits per heavy atom. The quantitative estimate of drug-likeness (QED) is 0.594. The number of pyridine rings is 1. The molecule has 3 heteroatoms. The van der Waals surface area contributed by atoms with Crippen LogP contribution in [0.25, 0.3) is 5.65 Å². The fourth-order valence-corrected chi connectivity index (χ4v) is 2.01. The highest BCUT2D eigenvalue weighted by Crippen LogP contribution is 2.04. The van der Waals surface area contributed by atoms with Gasteiger partial charge in [-0.2, -0.15) is 0 Å². The molecule has 0 aliphatic rings. The summed E-state index contributed by atoms with van der Waals surface area (Å²) in [5.74, 6) is -0.188. The van der Waals surface area contributed by atoms with Gasteiger partial charge in [0, 0.05) is 6.07 Å². The van der Waals surface area contributed by atoms with E-state index < -0.39 is 0 Å². The molecule has 3 rings (SSSR count). The van der Waals surface area contributed by atoms with Crippen LogP contribution in [0.4, 0.5) is 4.39 Å². The summed E-state index contributed by atoms with van der Waals surface area (Å²) in [6.07, 6.45) is 5.99.